The van der Waals surface area contributed by atoms with Gasteiger partial charge in [-0.05, 0) is 29.8 Å². The highest BCUT2D eigenvalue weighted by Crippen LogP contribution is 2.33. The Kier molecular flexibility index (Phi) is 4.92. The number of hydrogen-bond acceptors (Lipinski definition) is 6. The number of nitrogens with one attached hydrogen (secondary N) is 1. The maximum atomic E-state index is 13.4. The zero-order chi connectivity index (χ0) is 20.5. The van der Waals surface area contributed by atoms with E-state index in [1.807, 2.05) is 18.2 Å². The van der Waals surface area contributed by atoms with Gasteiger partial charge in [-0.2, -0.15) is 0 Å². The van der Waals surface area contributed by atoms with Gasteiger partial charge in [0.15, 0.2) is 11.5 Å². The molecule has 154 valence electrons. The number of rotatable bonds is 4. The van der Waals surface area contributed by atoms with Gasteiger partial charge < -0.3 is 14.8 Å². The molecule has 8 heteroatoms. The van der Waals surface area contributed by atoms with Gasteiger partial charge in [0.05, 0.1) is 5.69 Å². The van der Waals surface area contributed by atoms with Crippen LogP contribution in [0.25, 0.3) is 0 Å². The van der Waals surface area contributed by atoms with Crippen LogP contribution in [0.1, 0.15) is 16.8 Å². The third-order valence-corrected chi connectivity index (χ3v) is 5.14. The van der Waals surface area contributed by atoms with Gasteiger partial charge in [0.25, 0.3) is 0 Å². The highest BCUT2D eigenvalue weighted by Gasteiger charge is 2.19. The van der Waals surface area contributed by atoms with Gasteiger partial charge >= 0.3 is 0 Å². The van der Waals surface area contributed by atoms with Crippen LogP contribution >= 0.6 is 0 Å². The third-order valence-electron chi connectivity index (χ3n) is 5.14. The van der Waals surface area contributed by atoms with Crippen molar-refractivity contribution in [2.75, 3.05) is 25.1 Å². The second-order valence-electron chi connectivity index (χ2n) is 7.39. The molecule has 2 aliphatic rings. The van der Waals surface area contributed by atoms with Gasteiger partial charge in [-0.3, -0.25) is 4.90 Å². The summed E-state index contributed by atoms with van der Waals surface area (Å²) in [7, 11) is 0. The fourth-order valence-corrected chi connectivity index (χ4v) is 3.78. The van der Waals surface area contributed by atoms with Crippen LogP contribution < -0.4 is 14.8 Å². The minimum Gasteiger partial charge on any atom is -0.486 e. The first-order valence-electron chi connectivity index (χ1n) is 9.81. The van der Waals surface area contributed by atoms with Crippen molar-refractivity contribution in [3.05, 3.63) is 71.1 Å². The van der Waals surface area contributed by atoms with Crippen molar-refractivity contribution in [1.29, 1.82) is 0 Å². The van der Waals surface area contributed by atoms with Gasteiger partial charge in [0.1, 0.15) is 24.8 Å². The topological polar surface area (TPSA) is 59.5 Å². The van der Waals surface area contributed by atoms with Crippen LogP contribution in [0.3, 0.4) is 0 Å². The lowest BCUT2D eigenvalue weighted by atomic mass is 10.1. The number of benzene rings is 2. The van der Waals surface area contributed by atoms with E-state index in [-0.39, 0.29) is 0 Å². The highest BCUT2D eigenvalue weighted by molar-refractivity contribution is 5.60. The molecule has 2 aromatic carbocycles. The van der Waals surface area contributed by atoms with Crippen LogP contribution in [-0.2, 0) is 19.5 Å². The number of nitrogens with zero attached hydrogens (tertiary/aromatic N) is 3. The zero-order valence-corrected chi connectivity index (χ0v) is 16.2. The van der Waals surface area contributed by atoms with Crippen molar-refractivity contribution in [3.63, 3.8) is 0 Å². The molecule has 2 aliphatic heterocycles. The number of halogens is 2. The largest absolute Gasteiger partial charge is 0.486 e. The Balaban J connectivity index is 1.27. The van der Waals surface area contributed by atoms with Crippen molar-refractivity contribution in [2.45, 2.75) is 19.5 Å². The summed E-state index contributed by atoms with van der Waals surface area (Å²) < 4.78 is 38.0. The first-order chi connectivity index (χ1) is 14.6. The molecule has 0 bridgehead atoms. The lowest BCUT2D eigenvalue weighted by Crippen LogP contribution is -2.31. The first kappa shape index (κ1) is 18.7. The summed E-state index contributed by atoms with van der Waals surface area (Å²) in [6.07, 6.45) is 2.55. The third kappa shape index (κ3) is 4.04. The van der Waals surface area contributed by atoms with E-state index in [0.717, 1.165) is 41.7 Å². The smallest absolute Gasteiger partial charge is 0.227 e. The van der Waals surface area contributed by atoms with E-state index in [1.165, 1.54) is 12.1 Å². The summed E-state index contributed by atoms with van der Waals surface area (Å²) in [6.45, 7) is 2.96. The van der Waals surface area contributed by atoms with Crippen LogP contribution in [-0.4, -0.2) is 34.6 Å². The second-order valence-corrected chi connectivity index (χ2v) is 7.39. The Bertz CT molecular complexity index is 1070. The normalized spacial score (nSPS) is 15.5. The van der Waals surface area contributed by atoms with E-state index in [0.29, 0.717) is 43.6 Å². The van der Waals surface area contributed by atoms with Crippen molar-refractivity contribution in [1.82, 2.24) is 14.9 Å². The number of hydrogen-bond donors (Lipinski definition) is 1. The van der Waals surface area contributed by atoms with Crippen LogP contribution in [0, 0.1) is 11.6 Å². The van der Waals surface area contributed by atoms with E-state index in [2.05, 4.69) is 20.2 Å². The minimum absolute atomic E-state index is 0.477. The Morgan fingerprint density at radius 2 is 1.80 bits per heavy atom. The molecular formula is C22H20F2N4O2. The number of anilines is 2. The van der Waals surface area contributed by atoms with Crippen LogP contribution in [0.15, 0.2) is 42.6 Å². The number of fused-ring (bicyclic) bond motifs is 2. The lowest BCUT2D eigenvalue weighted by Gasteiger charge is -2.28. The summed E-state index contributed by atoms with van der Waals surface area (Å²) in [6, 6.07) is 9.26. The molecule has 1 N–H and O–H groups in total. The predicted octanol–water partition coefficient (Wildman–Crippen LogP) is 3.83. The quantitative estimate of drug-likeness (QED) is 0.706. The molecule has 6 nitrogen and oxygen atoms in total. The van der Waals surface area contributed by atoms with Crippen LogP contribution in [0.4, 0.5) is 20.4 Å². The zero-order valence-electron chi connectivity index (χ0n) is 16.2. The fourth-order valence-electron chi connectivity index (χ4n) is 3.78. The van der Waals surface area contributed by atoms with Crippen LogP contribution in [0.2, 0.25) is 0 Å². The average molecular weight is 410 g/mol. The highest BCUT2D eigenvalue weighted by atomic mass is 19.1. The molecule has 0 radical (unpaired) electrons. The Morgan fingerprint density at radius 1 is 1.00 bits per heavy atom. The molecule has 30 heavy (non-hydrogen) atoms. The maximum Gasteiger partial charge on any atom is 0.227 e. The van der Waals surface area contributed by atoms with Crippen LogP contribution in [0.5, 0.6) is 11.5 Å². The minimum atomic E-state index is -0.555. The van der Waals surface area contributed by atoms with Crippen molar-refractivity contribution in [2.24, 2.45) is 0 Å². The molecule has 0 atom stereocenters. The summed E-state index contributed by atoms with van der Waals surface area (Å²) >= 11 is 0. The van der Waals surface area contributed by atoms with Crippen molar-refractivity contribution in [3.8, 4) is 11.5 Å². The SMILES string of the molecule is Fc1cc(F)cc(CN2CCc3nc(Nc4ccc5c(c4)OCCO5)ncc3C2)c1. The molecule has 5 rings (SSSR count). The molecule has 3 aromatic rings. The molecule has 0 fully saturated rings. The Hall–Kier alpha value is -3.26. The fraction of sp³-hybridized carbons (Fsp3) is 0.273. The Morgan fingerprint density at radius 3 is 2.63 bits per heavy atom. The average Bonchev–Trinajstić information content (AvgIpc) is 2.73. The maximum absolute atomic E-state index is 13.4. The summed E-state index contributed by atoms with van der Waals surface area (Å²) in [5, 5.41) is 3.21. The van der Waals surface area contributed by atoms with E-state index in [9.17, 15) is 8.78 Å². The summed E-state index contributed by atoms with van der Waals surface area (Å²) in [4.78, 5) is 11.2. The second kappa shape index (κ2) is 7.87. The summed E-state index contributed by atoms with van der Waals surface area (Å²) in [5.41, 5.74) is 3.44. The number of aromatic nitrogens is 2. The summed E-state index contributed by atoms with van der Waals surface area (Å²) in [5.74, 6) is 0.845. The molecule has 0 unspecified atom stereocenters. The van der Waals surface area contributed by atoms with Gasteiger partial charge in [-0.25, -0.2) is 18.7 Å². The van der Waals surface area contributed by atoms with Gasteiger partial charge in [0, 0.05) is 55.6 Å². The standard InChI is InChI=1S/C22H20F2N4O2/c23-16-7-14(8-17(24)9-16)12-28-4-3-19-15(13-28)11-25-22(27-19)26-18-1-2-20-21(10-18)30-6-5-29-20/h1-2,7-11H,3-6,12-13H2,(H,25,26,27). The molecule has 0 aliphatic carbocycles. The van der Waals surface area contributed by atoms with Crippen molar-refractivity contribution >= 4 is 11.6 Å². The lowest BCUT2D eigenvalue weighted by molar-refractivity contribution is 0.171. The first-order valence-corrected chi connectivity index (χ1v) is 9.81. The van der Waals surface area contributed by atoms with E-state index >= 15 is 0 Å². The van der Waals surface area contributed by atoms with E-state index in [4.69, 9.17) is 9.47 Å². The molecule has 3 heterocycles. The van der Waals surface area contributed by atoms with Gasteiger partial charge in [-0.1, -0.05) is 0 Å². The molecule has 0 saturated carbocycles. The Labute approximate surface area is 172 Å². The molecule has 0 saturated heterocycles. The predicted molar refractivity (Wildman–Crippen MR) is 107 cm³/mol. The van der Waals surface area contributed by atoms with E-state index in [1.54, 1.807) is 6.20 Å². The monoisotopic (exact) mass is 410 g/mol. The molecule has 1 aromatic heterocycles. The van der Waals surface area contributed by atoms with Gasteiger partial charge in [-0.15, -0.1) is 0 Å². The molecule has 0 amide bonds. The van der Waals surface area contributed by atoms with Crippen molar-refractivity contribution < 1.29 is 18.3 Å². The molecule has 0 spiro atoms. The van der Waals surface area contributed by atoms with E-state index < -0.39 is 11.6 Å². The number of ether oxygens (including phenoxy) is 2. The van der Waals surface area contributed by atoms with Gasteiger partial charge in [0.2, 0.25) is 5.95 Å². The molecular weight excluding hydrogens is 390 g/mol.